The van der Waals surface area contributed by atoms with Gasteiger partial charge in [0.15, 0.2) is 5.84 Å². The summed E-state index contributed by atoms with van der Waals surface area (Å²) < 4.78 is 0. The summed E-state index contributed by atoms with van der Waals surface area (Å²) in [4.78, 5) is 25.8. The minimum Gasteiger partial charge on any atom is -0.360 e. The molecule has 3 aliphatic heterocycles. The number of nitrogens with one attached hydrogen (secondary N) is 3. The molecular formula is C17H24N6O. The van der Waals surface area contributed by atoms with E-state index in [1.807, 2.05) is 33.2 Å². The van der Waals surface area contributed by atoms with Crippen LogP contribution in [0.4, 0.5) is 0 Å². The van der Waals surface area contributed by atoms with Crippen LogP contribution < -0.4 is 16.0 Å². The van der Waals surface area contributed by atoms with Crippen LogP contribution >= 0.6 is 0 Å². The zero-order chi connectivity index (χ0) is 17.2. The fraction of sp³-hybridized carbons (Fsp3) is 0.529. The lowest BCUT2D eigenvalue weighted by atomic mass is 9.95. The van der Waals surface area contributed by atoms with Gasteiger partial charge in [-0.25, -0.2) is 9.98 Å². The molecule has 0 spiro atoms. The van der Waals surface area contributed by atoms with Crippen LogP contribution in [-0.4, -0.2) is 42.0 Å². The van der Waals surface area contributed by atoms with Crippen LogP contribution in [0.25, 0.3) is 0 Å². The van der Waals surface area contributed by atoms with E-state index in [-0.39, 0.29) is 11.8 Å². The number of allylic oxidation sites excluding steroid dienone is 1. The van der Waals surface area contributed by atoms with E-state index in [1.165, 1.54) is 0 Å². The number of likely N-dealkylation sites (N-methyl/N-ethyl adjacent to an activating group) is 1. The molecule has 1 atom stereocenters. The van der Waals surface area contributed by atoms with E-state index >= 15 is 0 Å². The monoisotopic (exact) mass is 328 g/mol. The first-order valence-electron chi connectivity index (χ1n) is 8.39. The Kier molecular flexibility index (Phi) is 4.51. The first-order chi connectivity index (χ1) is 11.5. The predicted molar refractivity (Wildman–Crippen MR) is 96.2 cm³/mol. The summed E-state index contributed by atoms with van der Waals surface area (Å²) in [6.07, 6.45) is 7.43. The molecule has 3 N–H and O–H groups in total. The second kappa shape index (κ2) is 6.59. The van der Waals surface area contributed by atoms with Crippen LogP contribution in [0, 0.1) is 5.92 Å². The molecule has 0 bridgehead atoms. The van der Waals surface area contributed by atoms with Crippen molar-refractivity contribution >= 4 is 23.4 Å². The number of nitrogens with zero attached hydrogens (tertiary/aromatic N) is 3. The van der Waals surface area contributed by atoms with Gasteiger partial charge in [-0.1, -0.05) is 6.08 Å². The molecule has 3 aliphatic rings. The van der Waals surface area contributed by atoms with Gasteiger partial charge in [0, 0.05) is 37.5 Å². The zero-order valence-electron chi connectivity index (χ0n) is 14.4. The molecule has 7 heteroatoms. The molecule has 1 amide bonds. The molecule has 0 aromatic rings. The van der Waals surface area contributed by atoms with Crippen molar-refractivity contribution in [3.63, 3.8) is 0 Å². The SMILES string of the molecule is CCNC(=O)C(C)(C)NC1=NC(C2=CNC3=NC=CCC23)=NCC1. The second-order valence-electron chi connectivity index (χ2n) is 6.55. The van der Waals surface area contributed by atoms with E-state index in [9.17, 15) is 4.79 Å². The number of rotatable bonds is 4. The van der Waals surface area contributed by atoms with E-state index in [1.54, 1.807) is 0 Å². The molecule has 0 saturated carbocycles. The van der Waals surface area contributed by atoms with Crippen LogP contribution in [0.5, 0.6) is 0 Å². The van der Waals surface area contributed by atoms with Crippen molar-refractivity contribution in [2.24, 2.45) is 20.9 Å². The highest BCUT2D eigenvalue weighted by Gasteiger charge is 2.32. The van der Waals surface area contributed by atoms with Crippen LogP contribution in [0.3, 0.4) is 0 Å². The molecule has 128 valence electrons. The third kappa shape index (κ3) is 3.25. The molecular weight excluding hydrogens is 304 g/mol. The van der Waals surface area contributed by atoms with Gasteiger partial charge in [0.2, 0.25) is 5.91 Å². The summed E-state index contributed by atoms with van der Waals surface area (Å²) in [6, 6.07) is 0. The zero-order valence-corrected chi connectivity index (χ0v) is 14.4. The maximum absolute atomic E-state index is 12.2. The highest BCUT2D eigenvalue weighted by atomic mass is 16.2. The minimum atomic E-state index is -0.709. The van der Waals surface area contributed by atoms with E-state index in [0.29, 0.717) is 19.5 Å². The van der Waals surface area contributed by atoms with Crippen molar-refractivity contribution in [1.29, 1.82) is 0 Å². The molecule has 3 heterocycles. The smallest absolute Gasteiger partial charge is 0.245 e. The van der Waals surface area contributed by atoms with E-state index in [4.69, 9.17) is 0 Å². The fourth-order valence-electron chi connectivity index (χ4n) is 2.95. The van der Waals surface area contributed by atoms with Crippen molar-refractivity contribution in [2.45, 2.75) is 39.2 Å². The van der Waals surface area contributed by atoms with E-state index in [0.717, 1.165) is 29.5 Å². The Morgan fingerprint density at radius 1 is 1.46 bits per heavy atom. The maximum Gasteiger partial charge on any atom is 0.245 e. The Bertz CT molecular complexity index is 683. The lowest BCUT2D eigenvalue weighted by molar-refractivity contribution is -0.125. The van der Waals surface area contributed by atoms with Gasteiger partial charge in [-0.15, -0.1) is 0 Å². The maximum atomic E-state index is 12.2. The van der Waals surface area contributed by atoms with Gasteiger partial charge in [0.05, 0.1) is 5.92 Å². The summed E-state index contributed by atoms with van der Waals surface area (Å²) in [5.41, 5.74) is 0.354. The average molecular weight is 328 g/mol. The highest BCUT2D eigenvalue weighted by molar-refractivity contribution is 6.13. The van der Waals surface area contributed by atoms with Crippen molar-refractivity contribution in [3.8, 4) is 0 Å². The molecule has 7 nitrogen and oxygen atoms in total. The summed E-state index contributed by atoms with van der Waals surface area (Å²) in [7, 11) is 0. The summed E-state index contributed by atoms with van der Waals surface area (Å²) in [5, 5.41) is 9.32. The standard InChI is InChI=1S/C17H24N6O/c1-4-18-16(24)17(2,3)23-13-7-9-20-15(22-13)12-10-21-14-11(12)6-5-8-19-14/h5,8,10-11H,4,6-7,9H2,1-3H3,(H,18,24)(H,19,21)(H,20,22,23). The van der Waals surface area contributed by atoms with Gasteiger partial charge in [-0.05, 0) is 27.2 Å². The Balaban J connectivity index is 1.74. The van der Waals surface area contributed by atoms with Crippen LogP contribution in [0.2, 0.25) is 0 Å². The van der Waals surface area contributed by atoms with E-state index < -0.39 is 5.54 Å². The van der Waals surface area contributed by atoms with Gasteiger partial charge >= 0.3 is 0 Å². The molecule has 0 aromatic carbocycles. The Hall–Kier alpha value is -2.44. The Morgan fingerprint density at radius 3 is 3.08 bits per heavy atom. The largest absolute Gasteiger partial charge is 0.360 e. The van der Waals surface area contributed by atoms with Crippen molar-refractivity contribution in [1.82, 2.24) is 16.0 Å². The number of aliphatic imine (C=N–C) groups is 3. The van der Waals surface area contributed by atoms with Crippen LogP contribution in [0.15, 0.2) is 39.0 Å². The van der Waals surface area contributed by atoms with Gasteiger partial charge < -0.3 is 16.0 Å². The number of hydrogen-bond acceptors (Lipinski definition) is 6. The number of amidine groups is 3. The molecule has 0 aromatic heterocycles. The lowest BCUT2D eigenvalue weighted by Crippen LogP contribution is -2.55. The lowest BCUT2D eigenvalue weighted by Gasteiger charge is -2.28. The predicted octanol–water partition coefficient (Wildman–Crippen LogP) is 1.11. The average Bonchev–Trinajstić information content (AvgIpc) is 2.99. The van der Waals surface area contributed by atoms with Crippen molar-refractivity contribution in [3.05, 3.63) is 24.0 Å². The second-order valence-corrected chi connectivity index (χ2v) is 6.55. The number of amides is 1. The third-order valence-electron chi connectivity index (χ3n) is 4.24. The highest BCUT2D eigenvalue weighted by Crippen LogP contribution is 2.27. The minimum absolute atomic E-state index is 0.0367. The molecule has 24 heavy (non-hydrogen) atoms. The fourth-order valence-corrected chi connectivity index (χ4v) is 2.95. The van der Waals surface area contributed by atoms with Crippen molar-refractivity contribution in [2.75, 3.05) is 13.1 Å². The van der Waals surface area contributed by atoms with Gasteiger partial charge in [-0.3, -0.25) is 9.79 Å². The normalized spacial score (nSPS) is 22.5. The van der Waals surface area contributed by atoms with Gasteiger partial charge in [0.1, 0.15) is 17.2 Å². The topological polar surface area (TPSA) is 90.2 Å². The number of carbonyl (C=O) groups is 1. The molecule has 0 aliphatic carbocycles. The molecule has 3 rings (SSSR count). The number of carbonyl (C=O) groups excluding carboxylic acids is 1. The van der Waals surface area contributed by atoms with Crippen LogP contribution in [0.1, 0.15) is 33.6 Å². The first-order valence-corrected chi connectivity index (χ1v) is 8.39. The van der Waals surface area contributed by atoms with Gasteiger partial charge in [-0.2, -0.15) is 0 Å². The number of fused-ring (bicyclic) bond motifs is 1. The van der Waals surface area contributed by atoms with Crippen LogP contribution in [-0.2, 0) is 4.79 Å². The number of hydrogen-bond donors (Lipinski definition) is 3. The van der Waals surface area contributed by atoms with Crippen molar-refractivity contribution < 1.29 is 4.79 Å². The molecule has 0 radical (unpaired) electrons. The summed E-state index contributed by atoms with van der Waals surface area (Å²) >= 11 is 0. The molecule has 0 fully saturated rings. The first kappa shape index (κ1) is 16.4. The summed E-state index contributed by atoms with van der Waals surface area (Å²) in [6.45, 7) is 6.91. The summed E-state index contributed by atoms with van der Waals surface area (Å²) in [5.74, 6) is 2.65. The molecule has 0 saturated heterocycles. The quantitative estimate of drug-likeness (QED) is 0.722. The Morgan fingerprint density at radius 2 is 2.29 bits per heavy atom. The molecule has 1 unspecified atom stereocenters. The van der Waals surface area contributed by atoms with E-state index in [2.05, 4.69) is 37.0 Å². The Labute approximate surface area is 142 Å². The van der Waals surface area contributed by atoms with Gasteiger partial charge in [0.25, 0.3) is 0 Å². The third-order valence-corrected chi connectivity index (χ3v) is 4.24.